The highest BCUT2D eigenvalue weighted by molar-refractivity contribution is 9.10. The molecule has 62 valence electrons. The first-order valence-electron chi connectivity index (χ1n) is 3.24. The lowest BCUT2D eigenvalue weighted by Gasteiger charge is -1.91. The zero-order valence-corrected chi connectivity index (χ0v) is 7.40. The van der Waals surface area contributed by atoms with Gasteiger partial charge in [-0.2, -0.15) is 0 Å². The van der Waals surface area contributed by atoms with Gasteiger partial charge < -0.3 is 0 Å². The summed E-state index contributed by atoms with van der Waals surface area (Å²) in [5.74, 6) is -0.385. The normalized spacial score (nSPS) is 10.8. The summed E-state index contributed by atoms with van der Waals surface area (Å²) in [6.07, 6.45) is 0. The van der Waals surface area contributed by atoms with Gasteiger partial charge in [0.1, 0.15) is 5.82 Å². The fourth-order valence-electron chi connectivity index (χ4n) is 1.09. The van der Waals surface area contributed by atoms with E-state index in [0.29, 0.717) is 15.4 Å². The van der Waals surface area contributed by atoms with Crippen molar-refractivity contribution in [2.24, 2.45) is 0 Å². The lowest BCUT2D eigenvalue weighted by Crippen LogP contribution is -1.98. The summed E-state index contributed by atoms with van der Waals surface area (Å²) in [6.45, 7) is 0. The molecule has 0 fully saturated rings. The number of H-pyrrole nitrogens is 2. The molecule has 3 nitrogen and oxygen atoms in total. The van der Waals surface area contributed by atoms with Crippen LogP contribution in [0, 0.1) is 5.82 Å². The van der Waals surface area contributed by atoms with Crippen molar-refractivity contribution in [2.75, 3.05) is 0 Å². The van der Waals surface area contributed by atoms with Crippen molar-refractivity contribution < 1.29 is 4.39 Å². The van der Waals surface area contributed by atoms with Crippen LogP contribution in [-0.4, -0.2) is 10.2 Å². The van der Waals surface area contributed by atoms with Crippen molar-refractivity contribution in [1.82, 2.24) is 10.2 Å². The first kappa shape index (κ1) is 7.54. The fraction of sp³-hybridized carbons (Fsp3) is 0. The monoisotopic (exact) mass is 230 g/mol. The molecule has 0 amide bonds. The van der Waals surface area contributed by atoms with Gasteiger partial charge in [-0.05, 0) is 28.1 Å². The molecule has 0 aliphatic heterocycles. The zero-order valence-electron chi connectivity index (χ0n) is 5.82. The van der Waals surface area contributed by atoms with Crippen LogP contribution in [-0.2, 0) is 0 Å². The molecular weight excluding hydrogens is 227 g/mol. The molecule has 0 aliphatic rings. The van der Waals surface area contributed by atoms with Gasteiger partial charge in [0.25, 0.3) is 5.56 Å². The van der Waals surface area contributed by atoms with Crippen LogP contribution in [0.4, 0.5) is 4.39 Å². The van der Waals surface area contributed by atoms with Crippen molar-refractivity contribution in [3.05, 3.63) is 32.8 Å². The van der Waals surface area contributed by atoms with Gasteiger partial charge in [0.15, 0.2) is 0 Å². The summed E-state index contributed by atoms with van der Waals surface area (Å²) < 4.78 is 13.2. The summed E-state index contributed by atoms with van der Waals surface area (Å²) in [4.78, 5) is 11.1. The number of rotatable bonds is 0. The molecule has 0 saturated heterocycles. The Labute approximate surface area is 74.7 Å². The molecule has 0 atom stereocenters. The van der Waals surface area contributed by atoms with Gasteiger partial charge in [-0.25, -0.2) is 4.39 Å². The largest absolute Gasteiger partial charge is 0.297 e. The van der Waals surface area contributed by atoms with E-state index in [-0.39, 0.29) is 11.4 Å². The molecule has 0 saturated carbocycles. The second kappa shape index (κ2) is 2.45. The molecule has 5 heteroatoms. The molecule has 2 rings (SSSR count). The summed E-state index contributed by atoms with van der Waals surface area (Å²) in [5, 5.41) is 5.37. The third kappa shape index (κ3) is 0.972. The van der Waals surface area contributed by atoms with Crippen molar-refractivity contribution in [2.45, 2.75) is 0 Å². The number of aromatic amines is 2. The van der Waals surface area contributed by atoms with E-state index < -0.39 is 0 Å². The Morgan fingerprint density at radius 3 is 2.83 bits per heavy atom. The van der Waals surface area contributed by atoms with Crippen LogP contribution in [0.1, 0.15) is 0 Å². The highest BCUT2D eigenvalue weighted by Gasteiger charge is 2.06. The summed E-state index contributed by atoms with van der Waals surface area (Å²) in [7, 11) is 0. The predicted molar refractivity (Wildman–Crippen MR) is 46.6 cm³/mol. The number of halogens is 2. The van der Waals surface area contributed by atoms with Crippen LogP contribution in [0.3, 0.4) is 0 Å². The molecule has 2 aromatic rings. The number of nitrogens with one attached hydrogen (secondary N) is 2. The van der Waals surface area contributed by atoms with Crippen LogP contribution in [0.15, 0.2) is 21.4 Å². The quantitative estimate of drug-likeness (QED) is 0.712. The minimum Gasteiger partial charge on any atom is -0.297 e. The van der Waals surface area contributed by atoms with E-state index in [0.717, 1.165) is 0 Å². The molecule has 0 aliphatic carbocycles. The molecular formula is C7H4BrFN2O. The Morgan fingerprint density at radius 1 is 1.33 bits per heavy atom. The topological polar surface area (TPSA) is 48.6 Å². The molecule has 0 radical (unpaired) electrons. The first-order chi connectivity index (χ1) is 5.68. The van der Waals surface area contributed by atoms with Crippen LogP contribution < -0.4 is 5.56 Å². The Kier molecular flexibility index (Phi) is 1.54. The van der Waals surface area contributed by atoms with E-state index in [9.17, 15) is 9.18 Å². The summed E-state index contributed by atoms with van der Waals surface area (Å²) in [6, 6.07) is 2.52. The smallest absolute Gasteiger partial charge is 0.272 e. The van der Waals surface area contributed by atoms with E-state index in [1.807, 2.05) is 0 Å². The van der Waals surface area contributed by atoms with Crippen molar-refractivity contribution in [1.29, 1.82) is 0 Å². The zero-order chi connectivity index (χ0) is 8.72. The van der Waals surface area contributed by atoms with Crippen LogP contribution in [0.5, 0.6) is 0 Å². The van der Waals surface area contributed by atoms with E-state index in [2.05, 4.69) is 26.1 Å². The minimum atomic E-state index is -0.385. The second-order valence-electron chi connectivity index (χ2n) is 2.39. The summed E-state index contributed by atoms with van der Waals surface area (Å²) >= 11 is 3.10. The number of aromatic nitrogens is 2. The van der Waals surface area contributed by atoms with Crippen molar-refractivity contribution >= 4 is 26.8 Å². The van der Waals surface area contributed by atoms with Gasteiger partial charge in [0.2, 0.25) is 0 Å². The van der Waals surface area contributed by atoms with Crippen molar-refractivity contribution in [3.63, 3.8) is 0 Å². The molecule has 2 N–H and O–H groups in total. The molecule has 1 heterocycles. The van der Waals surface area contributed by atoms with Crippen LogP contribution in [0.25, 0.3) is 10.9 Å². The predicted octanol–water partition coefficient (Wildman–Crippen LogP) is 1.76. The van der Waals surface area contributed by atoms with Gasteiger partial charge >= 0.3 is 0 Å². The van der Waals surface area contributed by atoms with Crippen LogP contribution in [0.2, 0.25) is 0 Å². The van der Waals surface area contributed by atoms with Gasteiger partial charge in [-0.3, -0.25) is 15.0 Å². The standard InChI is InChI=1S/C7H4BrFN2O/c8-4-1-3(9)2-5-6(4)7(12)11-10-5/h1-2H,(H2,10,11,12). The molecule has 0 spiro atoms. The first-order valence-corrected chi connectivity index (χ1v) is 4.03. The highest BCUT2D eigenvalue weighted by atomic mass is 79.9. The van der Waals surface area contributed by atoms with Crippen molar-refractivity contribution in [3.8, 4) is 0 Å². The lowest BCUT2D eigenvalue weighted by molar-refractivity contribution is 0.628. The Bertz CT molecular complexity index is 488. The maximum atomic E-state index is 12.7. The molecule has 0 bridgehead atoms. The maximum Gasteiger partial charge on any atom is 0.272 e. The Morgan fingerprint density at radius 2 is 2.08 bits per heavy atom. The average molecular weight is 231 g/mol. The van der Waals surface area contributed by atoms with Gasteiger partial charge in [0.05, 0.1) is 10.9 Å². The van der Waals surface area contributed by atoms with Crippen LogP contribution >= 0.6 is 15.9 Å². The molecule has 0 unspecified atom stereocenters. The highest BCUT2D eigenvalue weighted by Crippen LogP contribution is 2.20. The van der Waals surface area contributed by atoms with E-state index in [1.54, 1.807) is 0 Å². The van der Waals surface area contributed by atoms with Gasteiger partial charge in [-0.1, -0.05) is 0 Å². The Balaban J connectivity index is 3.03. The molecule has 1 aromatic carbocycles. The number of fused-ring (bicyclic) bond motifs is 1. The number of benzene rings is 1. The molecule has 1 aromatic heterocycles. The average Bonchev–Trinajstić information content (AvgIpc) is 2.31. The van der Waals surface area contributed by atoms with Gasteiger partial charge in [-0.15, -0.1) is 0 Å². The lowest BCUT2D eigenvalue weighted by atomic mass is 10.2. The minimum absolute atomic E-state index is 0.253. The van der Waals surface area contributed by atoms with E-state index in [1.165, 1.54) is 12.1 Å². The van der Waals surface area contributed by atoms with Gasteiger partial charge in [0, 0.05) is 4.47 Å². The number of hydrogen-bond acceptors (Lipinski definition) is 1. The van der Waals surface area contributed by atoms with E-state index in [4.69, 9.17) is 0 Å². The third-order valence-corrected chi connectivity index (χ3v) is 2.22. The third-order valence-electron chi connectivity index (χ3n) is 1.59. The summed E-state index contributed by atoms with van der Waals surface area (Å²) in [5.41, 5.74) is 0.212. The maximum absolute atomic E-state index is 12.7. The van der Waals surface area contributed by atoms with E-state index >= 15 is 0 Å². The number of hydrogen-bond donors (Lipinski definition) is 2. The second-order valence-corrected chi connectivity index (χ2v) is 3.24. The molecule has 12 heavy (non-hydrogen) atoms. The fourth-order valence-corrected chi connectivity index (χ4v) is 1.70. The SMILES string of the molecule is O=c1[nH][nH]c2cc(F)cc(Br)c12. The Hall–Kier alpha value is -1.10.